The van der Waals surface area contributed by atoms with Gasteiger partial charge >= 0.3 is 0 Å². The highest BCUT2D eigenvalue weighted by Crippen LogP contribution is 2.14. The average Bonchev–Trinajstić information content (AvgIpc) is 2.73. The fourth-order valence-corrected chi connectivity index (χ4v) is 4.43. The maximum absolute atomic E-state index is 11.2. The van der Waals surface area contributed by atoms with Crippen LogP contribution in [0.2, 0.25) is 0 Å². The summed E-state index contributed by atoms with van der Waals surface area (Å²) in [6, 6.07) is 9.29. The molecule has 1 aliphatic heterocycles. The molecule has 2 rings (SSSR count). The van der Waals surface area contributed by atoms with Crippen molar-refractivity contribution in [3.63, 3.8) is 0 Å². The van der Waals surface area contributed by atoms with Crippen LogP contribution in [-0.2, 0) is 18.7 Å². The summed E-state index contributed by atoms with van der Waals surface area (Å²) in [5.41, 5.74) is 0.822. The van der Waals surface area contributed by atoms with Crippen molar-refractivity contribution < 1.29 is 8.42 Å². The van der Waals surface area contributed by atoms with Crippen molar-refractivity contribution in [2.24, 2.45) is 10.2 Å². The summed E-state index contributed by atoms with van der Waals surface area (Å²) in [4.78, 5) is 0. The summed E-state index contributed by atoms with van der Waals surface area (Å²) >= 11 is 0. The molecular weight excluding hydrogens is 244 g/mol. The Kier molecular flexibility index (Phi) is 3.31. The van der Waals surface area contributed by atoms with Crippen LogP contribution in [0.15, 0.2) is 40.5 Å². The lowest BCUT2D eigenvalue weighted by molar-refractivity contribution is 0.628. The Morgan fingerprint density at radius 1 is 1.19 bits per heavy atom. The zero-order valence-electron chi connectivity index (χ0n) is 8.62. The third kappa shape index (κ3) is 1.98. The summed E-state index contributed by atoms with van der Waals surface area (Å²) < 4.78 is 22.4. The quantitative estimate of drug-likeness (QED) is 0.804. The van der Waals surface area contributed by atoms with Gasteiger partial charge in [-0.2, -0.15) is 8.42 Å². The molecule has 0 aliphatic carbocycles. The summed E-state index contributed by atoms with van der Waals surface area (Å²) in [5, 5.41) is 9.10. The Balaban J connectivity index is 2.53. The molecule has 1 aromatic rings. The second-order valence-electron chi connectivity index (χ2n) is 3.09. The number of rotatable bonds is 2. The lowest BCUT2D eigenvalue weighted by atomic mass is 10.2. The molecule has 1 unspecified atom stereocenters. The van der Waals surface area contributed by atoms with Crippen molar-refractivity contribution in [1.82, 2.24) is 0 Å². The van der Waals surface area contributed by atoms with Gasteiger partial charge in [-0.15, -0.1) is 10.2 Å². The van der Waals surface area contributed by atoms with E-state index in [1.807, 2.05) is 37.3 Å². The van der Waals surface area contributed by atoms with Crippen LogP contribution < -0.4 is 0 Å². The van der Waals surface area contributed by atoms with Crippen molar-refractivity contribution in [1.29, 1.82) is 0 Å². The van der Waals surface area contributed by atoms with Gasteiger partial charge in [-0.05, 0) is 6.42 Å². The van der Waals surface area contributed by atoms with Crippen molar-refractivity contribution in [2.45, 2.75) is 13.3 Å². The predicted octanol–water partition coefficient (Wildman–Crippen LogP) is 1.58. The van der Waals surface area contributed by atoms with Gasteiger partial charge in [-0.1, -0.05) is 37.3 Å². The second kappa shape index (κ2) is 4.71. The third-order valence-corrected chi connectivity index (χ3v) is 5.71. The number of nitrogens with zero attached hydrogens (tertiary/aromatic N) is 2. The maximum Gasteiger partial charge on any atom is 0.252 e. The lowest BCUT2D eigenvalue weighted by Gasteiger charge is -2.01. The number of hydrogen-bond acceptors (Lipinski definition) is 4. The molecule has 0 saturated heterocycles. The van der Waals surface area contributed by atoms with Gasteiger partial charge in [0.1, 0.15) is 10.1 Å². The van der Waals surface area contributed by atoms with Crippen LogP contribution in [0.3, 0.4) is 0 Å². The molecule has 1 aliphatic rings. The monoisotopic (exact) mass is 254 g/mol. The van der Waals surface area contributed by atoms with Crippen molar-refractivity contribution in [2.75, 3.05) is 0 Å². The summed E-state index contributed by atoms with van der Waals surface area (Å²) in [6.45, 7) is 1.88. The van der Waals surface area contributed by atoms with Crippen LogP contribution in [0.5, 0.6) is 0 Å². The molecule has 0 fully saturated rings. The van der Waals surface area contributed by atoms with E-state index < -0.39 is 18.7 Å². The Bertz CT molecular complexity index is 593. The van der Waals surface area contributed by atoms with Gasteiger partial charge in [0.15, 0.2) is 0 Å². The Hall–Kier alpha value is -1.27. The molecule has 0 spiro atoms. The van der Waals surface area contributed by atoms with Crippen molar-refractivity contribution >= 4 is 28.8 Å². The van der Waals surface area contributed by atoms with Crippen molar-refractivity contribution in [3.05, 3.63) is 35.9 Å². The molecule has 0 radical (unpaired) electrons. The molecule has 0 amide bonds. The summed E-state index contributed by atoms with van der Waals surface area (Å²) in [5.74, 6) is 0. The molecule has 6 heteroatoms. The Morgan fingerprint density at radius 2 is 1.88 bits per heavy atom. The van der Waals surface area contributed by atoms with E-state index in [2.05, 4.69) is 10.2 Å². The van der Waals surface area contributed by atoms with Gasteiger partial charge in [0.05, 0.1) is 0 Å². The maximum atomic E-state index is 11.2. The van der Waals surface area contributed by atoms with E-state index in [0.717, 1.165) is 5.56 Å². The summed E-state index contributed by atoms with van der Waals surface area (Å²) in [7, 11) is -3.17. The minimum absolute atomic E-state index is 0.547. The van der Waals surface area contributed by atoms with E-state index in [4.69, 9.17) is 0 Å². The van der Waals surface area contributed by atoms with Crippen LogP contribution in [0.4, 0.5) is 0 Å². The van der Waals surface area contributed by atoms with Crippen LogP contribution in [0.1, 0.15) is 18.9 Å². The molecule has 4 nitrogen and oxygen atoms in total. The third-order valence-electron chi connectivity index (χ3n) is 2.10. The van der Waals surface area contributed by atoms with E-state index in [9.17, 15) is 8.42 Å². The number of hydrogen-bond donors (Lipinski definition) is 0. The van der Waals surface area contributed by atoms with Gasteiger partial charge < -0.3 is 0 Å². The average molecular weight is 254 g/mol. The predicted molar refractivity (Wildman–Crippen MR) is 67.0 cm³/mol. The fourth-order valence-electron chi connectivity index (χ4n) is 1.38. The fraction of sp³-hybridized carbons (Fsp3) is 0.200. The molecule has 84 valence electrons. The molecule has 1 aromatic carbocycles. The Labute approximate surface area is 96.8 Å². The molecule has 0 saturated carbocycles. The van der Waals surface area contributed by atoms with Gasteiger partial charge in [-0.25, -0.2) is 0 Å². The summed E-state index contributed by atoms with van der Waals surface area (Å²) in [6.07, 6.45) is 0.608. The first-order valence-corrected chi connectivity index (χ1v) is 7.59. The zero-order valence-corrected chi connectivity index (χ0v) is 10.3. The SMILES string of the molecule is CCC1=NN=C(c2ccccc2)S1=S(=O)=O. The highest BCUT2D eigenvalue weighted by Gasteiger charge is 2.21. The van der Waals surface area contributed by atoms with Gasteiger partial charge in [-0.3, -0.25) is 0 Å². The molecule has 16 heavy (non-hydrogen) atoms. The Morgan fingerprint density at radius 3 is 2.44 bits per heavy atom. The zero-order chi connectivity index (χ0) is 11.5. The van der Waals surface area contributed by atoms with E-state index in [1.54, 1.807) is 0 Å². The van der Waals surface area contributed by atoms with E-state index in [-0.39, 0.29) is 0 Å². The van der Waals surface area contributed by atoms with Crippen LogP contribution in [0.25, 0.3) is 0 Å². The highest BCUT2D eigenvalue weighted by atomic mass is 32.9. The molecule has 0 bridgehead atoms. The van der Waals surface area contributed by atoms with Crippen LogP contribution in [0, 0.1) is 0 Å². The molecule has 0 N–H and O–H groups in total. The standard InChI is InChI=1S/C10H10N2O2S2/c1-2-9-11-12-10(15(9)16(13)14)8-6-4-3-5-7-8/h3-7H,2H2,1H3. The topological polar surface area (TPSA) is 58.9 Å². The van der Waals surface area contributed by atoms with E-state index in [0.29, 0.717) is 16.5 Å². The minimum atomic E-state index is -2.19. The molecule has 0 aromatic heterocycles. The molecular formula is C10H10N2O2S2. The molecule has 1 atom stereocenters. The second-order valence-corrected chi connectivity index (χ2v) is 6.71. The minimum Gasteiger partial charge on any atom is -0.177 e. The van der Waals surface area contributed by atoms with E-state index in [1.165, 1.54) is 0 Å². The van der Waals surface area contributed by atoms with Gasteiger partial charge in [0, 0.05) is 15.0 Å². The van der Waals surface area contributed by atoms with Crippen LogP contribution in [-0.4, -0.2) is 18.5 Å². The largest absolute Gasteiger partial charge is 0.252 e. The lowest BCUT2D eigenvalue weighted by Crippen LogP contribution is -2.13. The van der Waals surface area contributed by atoms with E-state index >= 15 is 0 Å². The van der Waals surface area contributed by atoms with Gasteiger partial charge in [0.2, 0.25) is 0 Å². The van der Waals surface area contributed by atoms with Crippen molar-refractivity contribution in [3.8, 4) is 0 Å². The van der Waals surface area contributed by atoms with Gasteiger partial charge in [0.25, 0.3) is 9.26 Å². The first-order chi connectivity index (χ1) is 7.74. The highest BCUT2D eigenvalue weighted by molar-refractivity contribution is 8.49. The first-order valence-electron chi connectivity index (χ1n) is 4.78. The number of benzene rings is 1. The smallest absolute Gasteiger partial charge is 0.177 e. The normalized spacial score (nSPS) is 19.2. The van der Waals surface area contributed by atoms with Crippen LogP contribution >= 0.6 is 0 Å². The first kappa shape index (κ1) is 11.2. The molecule has 1 heterocycles.